The van der Waals surface area contributed by atoms with Gasteiger partial charge in [0.15, 0.2) is 0 Å². The average Bonchev–Trinajstić information content (AvgIpc) is 1.94. The van der Waals surface area contributed by atoms with Crippen LogP contribution < -0.4 is 25.5 Å². The molecule has 15 nitrogen and oxygen atoms in total. The maximum absolute atomic E-state index is 8.44. The predicted molar refractivity (Wildman–Crippen MR) is 51.6 cm³/mol. The van der Waals surface area contributed by atoms with Crippen LogP contribution in [-0.4, -0.2) is 111 Å². The minimum absolute atomic E-state index is 0. The van der Waals surface area contributed by atoms with Crippen LogP contribution in [0.4, 0.5) is 24.0 Å². The molecule has 0 spiro atoms. The molecule has 0 atom stereocenters. The van der Waals surface area contributed by atoms with Crippen LogP contribution in [0.5, 0.6) is 0 Å². The summed E-state index contributed by atoms with van der Waals surface area (Å²) in [6, 6.07) is 0. The molecular formula is C5H5AlCaO15. The monoisotopic (exact) mass is 372 g/mol. The van der Waals surface area contributed by atoms with Gasteiger partial charge >= 0.3 is 55.1 Å². The van der Waals surface area contributed by atoms with E-state index in [2.05, 4.69) is 0 Å². The quantitative estimate of drug-likeness (QED) is 0.247. The van der Waals surface area contributed by atoms with Gasteiger partial charge in [0.2, 0.25) is 30.8 Å². The third-order valence-electron chi connectivity index (χ3n) is 0. The van der Waals surface area contributed by atoms with Crippen molar-refractivity contribution in [2.24, 2.45) is 0 Å². The third kappa shape index (κ3) is 1540. The molecule has 0 aromatic carbocycles. The standard InChI is InChI=1S/5CH2O3.Al.Ca/c5*2-1(3)4;;/h5*(H2,2,3,4);;/q;;;;;+3;+2/p-5. The largest absolute Gasteiger partial charge is 3.00 e. The van der Waals surface area contributed by atoms with Gasteiger partial charge in [0.1, 0.15) is 0 Å². The smallest absolute Gasteiger partial charge is 0.565 e. The minimum Gasteiger partial charge on any atom is -0.565 e. The zero-order valence-corrected chi connectivity index (χ0v) is 13.5. The summed E-state index contributed by atoms with van der Waals surface area (Å²) in [5.74, 6) is 0. The summed E-state index contributed by atoms with van der Waals surface area (Å²) in [5, 5.41) is 76.5. The molecule has 0 radical (unpaired) electrons. The first kappa shape index (κ1) is 42.7. The normalized spacial score (nSPS) is 5.45. The summed E-state index contributed by atoms with van der Waals surface area (Å²) in [6.45, 7) is 0. The summed E-state index contributed by atoms with van der Waals surface area (Å²) >= 11 is 0. The van der Waals surface area contributed by atoms with Crippen molar-refractivity contribution >= 4 is 85.9 Å². The van der Waals surface area contributed by atoms with E-state index in [1.54, 1.807) is 0 Å². The fourth-order valence-corrected chi connectivity index (χ4v) is 0. The molecule has 0 rings (SSSR count). The Kier molecular flexibility index (Phi) is 70.9. The van der Waals surface area contributed by atoms with Gasteiger partial charge in [-0.3, -0.25) is 0 Å². The van der Waals surface area contributed by atoms with Crippen LogP contribution in [0.25, 0.3) is 0 Å². The zero-order valence-electron chi connectivity index (χ0n) is 10.1. The fraction of sp³-hybridized carbons (Fsp3) is 0. The molecule has 0 aromatic heterocycles. The number of hydrogen-bond acceptors (Lipinski definition) is 10. The van der Waals surface area contributed by atoms with E-state index < -0.39 is 30.8 Å². The van der Waals surface area contributed by atoms with Crippen molar-refractivity contribution in [3.05, 3.63) is 0 Å². The van der Waals surface area contributed by atoms with Gasteiger partial charge in [-0.15, -0.1) is 0 Å². The maximum Gasteiger partial charge on any atom is 3.00 e. The first-order valence-corrected chi connectivity index (χ1v) is 3.16. The van der Waals surface area contributed by atoms with Crippen LogP contribution in [0.1, 0.15) is 0 Å². The molecule has 22 heavy (non-hydrogen) atoms. The van der Waals surface area contributed by atoms with E-state index in [0.717, 1.165) is 0 Å². The van der Waals surface area contributed by atoms with Crippen LogP contribution in [0.3, 0.4) is 0 Å². The Labute approximate surface area is 160 Å². The first-order valence-electron chi connectivity index (χ1n) is 3.16. The van der Waals surface area contributed by atoms with Crippen LogP contribution in [-0.2, 0) is 0 Å². The number of carbonyl (C=O) groups is 5. The molecule has 0 aliphatic heterocycles. The van der Waals surface area contributed by atoms with Gasteiger partial charge < -0.3 is 75.0 Å². The second-order valence-corrected chi connectivity index (χ2v) is 1.33. The van der Waals surface area contributed by atoms with Crippen molar-refractivity contribution in [2.45, 2.75) is 0 Å². The van der Waals surface area contributed by atoms with E-state index in [1.807, 2.05) is 0 Å². The van der Waals surface area contributed by atoms with Crippen molar-refractivity contribution in [1.29, 1.82) is 0 Å². The van der Waals surface area contributed by atoms with E-state index in [1.165, 1.54) is 0 Å². The Morgan fingerprint density at radius 1 is 0.455 bits per heavy atom. The molecule has 0 bridgehead atoms. The van der Waals surface area contributed by atoms with Gasteiger partial charge in [-0.05, 0) is 0 Å². The first-order chi connectivity index (χ1) is 8.66. The molecule has 0 amide bonds. The molecule has 0 aromatic rings. The zero-order chi connectivity index (χ0) is 17.9. The van der Waals surface area contributed by atoms with Gasteiger partial charge in [-0.2, -0.15) is 0 Å². The molecule has 5 N–H and O–H groups in total. The second kappa shape index (κ2) is 36.5. The van der Waals surface area contributed by atoms with E-state index in [0.29, 0.717) is 0 Å². The van der Waals surface area contributed by atoms with Gasteiger partial charge in [0.25, 0.3) is 0 Å². The predicted octanol–water partition coefficient (Wildman–Crippen LogP) is -6.32. The van der Waals surface area contributed by atoms with E-state index in [-0.39, 0.29) is 55.1 Å². The minimum atomic E-state index is -2.08. The topological polar surface area (TPSA) is 302 Å². The number of carboxylic acid groups (broad SMARTS) is 10. The Bertz CT molecular complexity index is 213. The van der Waals surface area contributed by atoms with Gasteiger partial charge in [-0.25, -0.2) is 0 Å². The Morgan fingerprint density at radius 2 is 0.455 bits per heavy atom. The second-order valence-electron chi connectivity index (χ2n) is 1.33. The molecule has 0 heterocycles. The van der Waals surface area contributed by atoms with Gasteiger partial charge in [0, 0.05) is 0 Å². The molecule has 0 unspecified atom stereocenters. The molecular weight excluding hydrogens is 367 g/mol. The van der Waals surface area contributed by atoms with Gasteiger partial charge in [0.05, 0.1) is 0 Å². The Hall–Kier alpha value is -1.86. The van der Waals surface area contributed by atoms with Crippen molar-refractivity contribution in [2.75, 3.05) is 0 Å². The van der Waals surface area contributed by atoms with Crippen LogP contribution in [0.15, 0.2) is 0 Å². The summed E-state index contributed by atoms with van der Waals surface area (Å²) < 4.78 is 0. The van der Waals surface area contributed by atoms with Crippen LogP contribution in [0, 0.1) is 0 Å². The van der Waals surface area contributed by atoms with Gasteiger partial charge in [-0.1, -0.05) is 0 Å². The summed E-state index contributed by atoms with van der Waals surface area (Å²) in [6.07, 6.45) is -10.4. The van der Waals surface area contributed by atoms with Crippen molar-refractivity contribution < 1.29 is 75.0 Å². The van der Waals surface area contributed by atoms with E-state index >= 15 is 0 Å². The van der Waals surface area contributed by atoms with Crippen molar-refractivity contribution in [3.8, 4) is 0 Å². The molecule has 0 fully saturated rings. The summed E-state index contributed by atoms with van der Waals surface area (Å²) in [4.78, 5) is 42.2. The summed E-state index contributed by atoms with van der Waals surface area (Å²) in [7, 11) is 0. The van der Waals surface area contributed by atoms with Crippen molar-refractivity contribution in [3.63, 3.8) is 0 Å². The molecule has 17 heteroatoms. The number of hydrogen-bond donors (Lipinski definition) is 5. The molecule has 0 saturated carbocycles. The Balaban J connectivity index is -0.0000000250. The van der Waals surface area contributed by atoms with E-state index in [4.69, 9.17) is 75.0 Å². The van der Waals surface area contributed by atoms with Crippen LogP contribution >= 0.6 is 0 Å². The maximum atomic E-state index is 8.44. The molecule has 0 aliphatic carbocycles. The SMILES string of the molecule is O=C([O-])O.O=C([O-])O.O=C([O-])O.O=C([O-])O.O=C([O-])O.[Al+3].[Ca+2]. The Morgan fingerprint density at radius 3 is 0.455 bits per heavy atom. The summed E-state index contributed by atoms with van der Waals surface area (Å²) in [5.41, 5.74) is 0. The van der Waals surface area contributed by atoms with E-state index in [9.17, 15) is 0 Å². The third-order valence-corrected chi connectivity index (χ3v) is 0. The molecule has 0 aliphatic rings. The molecule has 120 valence electrons. The average molecular weight is 372 g/mol. The number of rotatable bonds is 0. The fourth-order valence-electron chi connectivity index (χ4n) is 0. The van der Waals surface area contributed by atoms with Crippen LogP contribution in [0.2, 0.25) is 0 Å². The van der Waals surface area contributed by atoms with Crippen molar-refractivity contribution in [1.82, 2.24) is 0 Å². The molecule has 0 saturated heterocycles.